The molecule has 0 aliphatic heterocycles. The second-order valence-electron chi connectivity index (χ2n) is 8.35. The molecule has 30 heavy (non-hydrogen) atoms. The smallest absolute Gasteiger partial charge is 0.335 e. The molecule has 0 aliphatic rings. The predicted octanol–water partition coefficient (Wildman–Crippen LogP) is 6.36. The fourth-order valence-electron chi connectivity index (χ4n) is 3.60. The highest BCUT2D eigenvalue weighted by molar-refractivity contribution is 6.16. The minimum absolute atomic E-state index is 0.0520. The molecule has 0 radical (unpaired) electrons. The topological polar surface area (TPSA) is 101 Å². The highest BCUT2D eigenvalue weighted by Crippen LogP contribution is 2.29. The molecule has 0 saturated carbocycles. The fourth-order valence-corrected chi connectivity index (χ4v) is 3.60. The third kappa shape index (κ3) is 11.6. The minimum Gasteiger partial charge on any atom is -0.480 e. The Morgan fingerprint density at radius 1 is 0.600 bits per heavy atom. The molecule has 6 nitrogen and oxygen atoms in total. The first kappa shape index (κ1) is 28.4. The van der Waals surface area contributed by atoms with Gasteiger partial charge in [0.15, 0.2) is 0 Å². The van der Waals surface area contributed by atoms with E-state index in [4.69, 9.17) is 4.74 Å². The molecule has 6 heteroatoms. The number of hydrogen-bond donors (Lipinski definition) is 2. The van der Waals surface area contributed by atoms with Crippen LogP contribution >= 0.6 is 0 Å². The lowest BCUT2D eigenvalue weighted by Gasteiger charge is -2.22. The Bertz CT molecular complexity index is 460. The minimum atomic E-state index is -2.48. The summed E-state index contributed by atoms with van der Waals surface area (Å²) in [5.74, 6) is -4.41. The lowest BCUT2D eigenvalue weighted by molar-refractivity contribution is -0.179. The SMILES string of the molecule is CCCCCCCCCCCCCCCCC(C(=O)O)(C(=O)O)C(=O)OCCCC. The second-order valence-corrected chi connectivity index (χ2v) is 8.35. The van der Waals surface area contributed by atoms with Crippen LogP contribution in [0.3, 0.4) is 0 Å². The van der Waals surface area contributed by atoms with Gasteiger partial charge in [0.2, 0.25) is 0 Å². The standard InChI is InChI=1S/C24H44O6/c1-3-5-7-8-9-10-11-12-13-14-15-16-17-18-19-24(21(25)26,22(27)28)23(29)30-20-6-4-2/h3-20H2,1-2H3,(H,25,26)(H,27,28). The molecule has 2 N–H and O–H groups in total. The summed E-state index contributed by atoms with van der Waals surface area (Å²) >= 11 is 0. The van der Waals surface area contributed by atoms with Crippen molar-refractivity contribution in [3.63, 3.8) is 0 Å². The van der Waals surface area contributed by atoms with Crippen molar-refractivity contribution in [2.45, 2.75) is 123 Å². The van der Waals surface area contributed by atoms with Crippen molar-refractivity contribution in [3.05, 3.63) is 0 Å². The molecular formula is C24H44O6. The van der Waals surface area contributed by atoms with Crippen molar-refractivity contribution >= 4 is 17.9 Å². The number of esters is 1. The van der Waals surface area contributed by atoms with E-state index in [9.17, 15) is 24.6 Å². The van der Waals surface area contributed by atoms with E-state index in [-0.39, 0.29) is 13.0 Å². The van der Waals surface area contributed by atoms with E-state index in [1.54, 1.807) is 0 Å². The van der Waals surface area contributed by atoms with Gasteiger partial charge in [-0.15, -0.1) is 0 Å². The van der Waals surface area contributed by atoms with E-state index >= 15 is 0 Å². The van der Waals surface area contributed by atoms with Gasteiger partial charge >= 0.3 is 17.9 Å². The molecule has 0 spiro atoms. The van der Waals surface area contributed by atoms with Gasteiger partial charge in [0.25, 0.3) is 5.41 Å². The van der Waals surface area contributed by atoms with Gasteiger partial charge < -0.3 is 14.9 Å². The van der Waals surface area contributed by atoms with Crippen molar-refractivity contribution in [2.24, 2.45) is 5.41 Å². The highest BCUT2D eigenvalue weighted by Gasteiger charge is 2.54. The van der Waals surface area contributed by atoms with Gasteiger partial charge in [0, 0.05) is 0 Å². The second kappa shape index (κ2) is 18.2. The van der Waals surface area contributed by atoms with Crippen LogP contribution in [-0.2, 0) is 19.1 Å². The molecule has 176 valence electrons. The molecule has 0 bridgehead atoms. The number of carbonyl (C=O) groups excluding carboxylic acids is 1. The molecule has 0 fully saturated rings. The average molecular weight is 429 g/mol. The first-order valence-corrected chi connectivity index (χ1v) is 12.1. The predicted molar refractivity (Wildman–Crippen MR) is 119 cm³/mol. The maximum Gasteiger partial charge on any atom is 0.335 e. The van der Waals surface area contributed by atoms with E-state index in [0.29, 0.717) is 12.8 Å². The number of unbranched alkanes of at least 4 members (excludes halogenated alkanes) is 14. The molecule has 0 saturated heterocycles. The van der Waals surface area contributed by atoms with Gasteiger partial charge in [-0.1, -0.05) is 110 Å². The van der Waals surface area contributed by atoms with Crippen LogP contribution < -0.4 is 0 Å². The van der Waals surface area contributed by atoms with Gasteiger partial charge in [-0.2, -0.15) is 0 Å². The zero-order valence-electron chi connectivity index (χ0n) is 19.3. The molecule has 0 rings (SSSR count). The first-order chi connectivity index (χ1) is 14.4. The number of carbonyl (C=O) groups is 3. The Kier molecular flexibility index (Phi) is 17.2. The lowest BCUT2D eigenvalue weighted by atomic mass is 9.82. The molecule has 0 atom stereocenters. The zero-order chi connectivity index (χ0) is 22.7. The van der Waals surface area contributed by atoms with Crippen LogP contribution in [0, 0.1) is 5.41 Å². The van der Waals surface area contributed by atoms with Crippen LogP contribution in [-0.4, -0.2) is 34.7 Å². The summed E-state index contributed by atoms with van der Waals surface area (Å²) in [7, 11) is 0. The van der Waals surface area contributed by atoms with Crippen molar-refractivity contribution < 1.29 is 29.3 Å². The maximum atomic E-state index is 12.2. The normalized spacial score (nSPS) is 11.4. The third-order valence-electron chi connectivity index (χ3n) is 5.72. The molecule has 0 aromatic heterocycles. The van der Waals surface area contributed by atoms with Crippen molar-refractivity contribution in [1.29, 1.82) is 0 Å². The number of ether oxygens (including phenoxy) is 1. The summed E-state index contributed by atoms with van der Waals surface area (Å²) in [5, 5.41) is 18.9. The molecular weight excluding hydrogens is 384 g/mol. The van der Waals surface area contributed by atoms with Crippen LogP contribution in [0.15, 0.2) is 0 Å². The zero-order valence-corrected chi connectivity index (χ0v) is 19.3. The third-order valence-corrected chi connectivity index (χ3v) is 5.72. The number of aliphatic carboxylic acids is 2. The van der Waals surface area contributed by atoms with E-state index in [1.165, 1.54) is 57.8 Å². The van der Waals surface area contributed by atoms with Crippen LogP contribution in [0.25, 0.3) is 0 Å². The van der Waals surface area contributed by atoms with Crippen molar-refractivity contribution in [2.75, 3.05) is 6.61 Å². The van der Waals surface area contributed by atoms with Gasteiger partial charge in [0.05, 0.1) is 6.61 Å². The van der Waals surface area contributed by atoms with Gasteiger partial charge in [-0.05, 0) is 12.8 Å². The largest absolute Gasteiger partial charge is 0.480 e. The summed E-state index contributed by atoms with van der Waals surface area (Å²) < 4.78 is 4.94. The summed E-state index contributed by atoms with van der Waals surface area (Å²) in [6.07, 6.45) is 17.2. The van der Waals surface area contributed by atoms with E-state index < -0.39 is 23.3 Å². The Morgan fingerprint density at radius 3 is 1.33 bits per heavy atom. The molecule has 0 heterocycles. The summed E-state index contributed by atoms with van der Waals surface area (Å²) in [6, 6.07) is 0. The first-order valence-electron chi connectivity index (χ1n) is 12.1. The fraction of sp³-hybridized carbons (Fsp3) is 0.875. The van der Waals surface area contributed by atoms with E-state index in [2.05, 4.69) is 6.92 Å². The molecule has 0 amide bonds. The Morgan fingerprint density at radius 2 is 0.967 bits per heavy atom. The Hall–Kier alpha value is -1.59. The van der Waals surface area contributed by atoms with Crippen molar-refractivity contribution in [1.82, 2.24) is 0 Å². The Labute approximate surface area is 182 Å². The summed E-state index contributed by atoms with van der Waals surface area (Å²) in [6.45, 7) is 4.19. The lowest BCUT2D eigenvalue weighted by Crippen LogP contribution is -2.47. The maximum absolute atomic E-state index is 12.2. The van der Waals surface area contributed by atoms with E-state index in [1.807, 2.05) is 6.92 Å². The number of rotatable bonds is 21. The molecule has 0 aromatic rings. The number of hydrogen-bond acceptors (Lipinski definition) is 4. The van der Waals surface area contributed by atoms with E-state index in [0.717, 1.165) is 32.1 Å². The summed E-state index contributed by atoms with van der Waals surface area (Å²) in [4.78, 5) is 35.4. The number of carboxylic acids is 2. The number of carboxylic acid groups (broad SMARTS) is 2. The van der Waals surface area contributed by atoms with Gasteiger partial charge in [-0.25, -0.2) is 0 Å². The van der Waals surface area contributed by atoms with Gasteiger partial charge in [-0.3, -0.25) is 14.4 Å². The van der Waals surface area contributed by atoms with Crippen LogP contribution in [0.5, 0.6) is 0 Å². The molecule has 0 aromatic carbocycles. The highest BCUT2D eigenvalue weighted by atomic mass is 16.5. The monoisotopic (exact) mass is 428 g/mol. The molecule has 0 aliphatic carbocycles. The van der Waals surface area contributed by atoms with Crippen LogP contribution in [0.2, 0.25) is 0 Å². The molecule has 0 unspecified atom stereocenters. The average Bonchev–Trinajstić information content (AvgIpc) is 2.70. The van der Waals surface area contributed by atoms with Crippen LogP contribution in [0.1, 0.15) is 123 Å². The Balaban J connectivity index is 4.00. The van der Waals surface area contributed by atoms with Crippen LogP contribution in [0.4, 0.5) is 0 Å². The quantitative estimate of drug-likeness (QED) is 0.125. The summed E-state index contributed by atoms with van der Waals surface area (Å²) in [5.41, 5.74) is -2.48. The van der Waals surface area contributed by atoms with Gasteiger partial charge in [0.1, 0.15) is 0 Å². The van der Waals surface area contributed by atoms with Crippen molar-refractivity contribution in [3.8, 4) is 0 Å².